The highest BCUT2D eigenvalue weighted by atomic mass is 16.5. The minimum atomic E-state index is -0.511. The highest BCUT2D eigenvalue weighted by Gasteiger charge is 2.28. The first-order valence-electron chi connectivity index (χ1n) is 10.6. The van der Waals surface area contributed by atoms with Crippen LogP contribution in [0.15, 0.2) is 48.5 Å². The monoisotopic (exact) mass is 410 g/mol. The summed E-state index contributed by atoms with van der Waals surface area (Å²) in [6.07, 6.45) is 0.825. The number of hydrogen-bond donors (Lipinski definition) is 1. The van der Waals surface area contributed by atoms with E-state index in [-0.39, 0.29) is 18.2 Å². The first kappa shape index (κ1) is 23.5. The number of rotatable bonds is 10. The van der Waals surface area contributed by atoms with Crippen molar-refractivity contribution in [2.45, 2.75) is 53.1 Å². The maximum absolute atomic E-state index is 13.3. The zero-order valence-corrected chi connectivity index (χ0v) is 18.8. The first-order chi connectivity index (χ1) is 14.3. The molecule has 0 bridgehead atoms. The predicted molar refractivity (Wildman–Crippen MR) is 120 cm³/mol. The van der Waals surface area contributed by atoms with Crippen molar-refractivity contribution >= 4 is 11.8 Å². The van der Waals surface area contributed by atoms with Gasteiger partial charge in [0, 0.05) is 13.1 Å². The Morgan fingerprint density at radius 2 is 1.77 bits per heavy atom. The molecule has 162 valence electrons. The summed E-state index contributed by atoms with van der Waals surface area (Å²) >= 11 is 0. The predicted octanol–water partition coefficient (Wildman–Crippen LogP) is 4.13. The summed E-state index contributed by atoms with van der Waals surface area (Å²) in [7, 11) is 1.62. The van der Waals surface area contributed by atoms with Gasteiger partial charge < -0.3 is 15.0 Å². The lowest BCUT2D eigenvalue weighted by Crippen LogP contribution is -2.50. The molecule has 0 radical (unpaired) electrons. The number of benzene rings is 2. The van der Waals surface area contributed by atoms with Crippen molar-refractivity contribution in [1.82, 2.24) is 10.2 Å². The van der Waals surface area contributed by atoms with E-state index in [4.69, 9.17) is 4.74 Å². The highest BCUT2D eigenvalue weighted by Crippen LogP contribution is 2.18. The van der Waals surface area contributed by atoms with Gasteiger partial charge in [0.05, 0.1) is 13.5 Å². The molecule has 0 aromatic heterocycles. The molecule has 30 heavy (non-hydrogen) atoms. The number of nitrogens with one attached hydrogen (secondary N) is 1. The maximum atomic E-state index is 13.3. The molecular formula is C25H34N2O3. The van der Waals surface area contributed by atoms with Crippen LogP contribution in [0.5, 0.6) is 5.75 Å². The normalized spacial score (nSPS) is 11.8. The summed E-state index contributed by atoms with van der Waals surface area (Å²) in [5.74, 6) is 0.961. The summed E-state index contributed by atoms with van der Waals surface area (Å²) in [5.41, 5.74) is 3.03. The van der Waals surface area contributed by atoms with E-state index in [1.165, 1.54) is 0 Å². The van der Waals surface area contributed by atoms with E-state index in [0.717, 1.165) is 22.4 Å². The molecule has 0 heterocycles. The van der Waals surface area contributed by atoms with Crippen LogP contribution in [0.1, 0.15) is 43.9 Å². The molecule has 0 saturated heterocycles. The molecule has 0 saturated carbocycles. The number of nitrogens with zero attached hydrogens (tertiary/aromatic N) is 1. The molecule has 1 atom stereocenters. The van der Waals surface area contributed by atoms with Gasteiger partial charge in [-0.2, -0.15) is 0 Å². The summed E-state index contributed by atoms with van der Waals surface area (Å²) < 4.78 is 5.23. The summed E-state index contributed by atoms with van der Waals surface area (Å²) in [5, 5.41) is 2.99. The van der Waals surface area contributed by atoms with Crippen molar-refractivity contribution in [2.75, 3.05) is 13.7 Å². The Morgan fingerprint density at radius 1 is 1.07 bits per heavy atom. The molecule has 5 heteroatoms. The number of methoxy groups -OCH3 is 1. The second-order valence-corrected chi connectivity index (χ2v) is 8.10. The van der Waals surface area contributed by atoms with Gasteiger partial charge in [0.25, 0.3) is 0 Å². The third-order valence-electron chi connectivity index (χ3n) is 5.02. The minimum Gasteiger partial charge on any atom is -0.497 e. The summed E-state index contributed by atoms with van der Waals surface area (Å²) in [6.45, 7) is 9.04. The zero-order valence-electron chi connectivity index (χ0n) is 18.8. The highest BCUT2D eigenvalue weighted by molar-refractivity contribution is 5.88. The fourth-order valence-electron chi connectivity index (χ4n) is 3.37. The lowest BCUT2D eigenvalue weighted by Gasteiger charge is -2.31. The van der Waals surface area contributed by atoms with Crippen LogP contribution in [0.3, 0.4) is 0 Å². The van der Waals surface area contributed by atoms with Gasteiger partial charge in [-0.1, -0.05) is 62.7 Å². The van der Waals surface area contributed by atoms with E-state index in [9.17, 15) is 9.59 Å². The second-order valence-electron chi connectivity index (χ2n) is 8.10. The lowest BCUT2D eigenvalue weighted by molar-refractivity contribution is -0.141. The van der Waals surface area contributed by atoms with Gasteiger partial charge >= 0.3 is 0 Å². The van der Waals surface area contributed by atoms with E-state index >= 15 is 0 Å². The van der Waals surface area contributed by atoms with Gasteiger partial charge in [0.1, 0.15) is 11.8 Å². The Morgan fingerprint density at radius 3 is 2.33 bits per heavy atom. The SMILES string of the molecule is CC[C@@H](C(=O)NCC(C)C)N(Cc1ccc(OC)cc1)C(=O)Cc1cccc(C)c1. The summed E-state index contributed by atoms with van der Waals surface area (Å²) in [6, 6.07) is 15.0. The van der Waals surface area contributed by atoms with Crippen LogP contribution in [-0.2, 0) is 22.6 Å². The van der Waals surface area contributed by atoms with E-state index in [1.807, 2.05) is 62.4 Å². The van der Waals surface area contributed by atoms with Gasteiger partial charge in [0.2, 0.25) is 11.8 Å². The topological polar surface area (TPSA) is 58.6 Å². The number of ether oxygens (including phenoxy) is 1. The molecule has 2 amide bonds. The van der Waals surface area contributed by atoms with Crippen molar-refractivity contribution in [1.29, 1.82) is 0 Å². The molecule has 0 spiro atoms. The fourth-order valence-corrected chi connectivity index (χ4v) is 3.37. The van der Waals surface area contributed by atoms with Crippen molar-refractivity contribution in [2.24, 2.45) is 5.92 Å². The van der Waals surface area contributed by atoms with Gasteiger partial charge in [-0.15, -0.1) is 0 Å². The molecule has 2 aromatic carbocycles. The molecule has 0 aliphatic rings. The molecule has 0 unspecified atom stereocenters. The van der Waals surface area contributed by atoms with Crippen LogP contribution in [0.4, 0.5) is 0 Å². The van der Waals surface area contributed by atoms with Crippen molar-refractivity contribution < 1.29 is 14.3 Å². The van der Waals surface area contributed by atoms with E-state index in [2.05, 4.69) is 19.2 Å². The molecule has 0 aliphatic heterocycles. The van der Waals surface area contributed by atoms with Gasteiger partial charge in [-0.05, 0) is 42.5 Å². The molecule has 2 rings (SSSR count). The van der Waals surface area contributed by atoms with Crippen molar-refractivity contribution in [3.05, 3.63) is 65.2 Å². The lowest BCUT2D eigenvalue weighted by atomic mass is 10.0. The first-order valence-corrected chi connectivity index (χ1v) is 10.6. The van der Waals surface area contributed by atoms with Crippen molar-refractivity contribution in [3.8, 4) is 5.75 Å². The summed E-state index contributed by atoms with van der Waals surface area (Å²) in [4.78, 5) is 27.9. The molecule has 2 aromatic rings. The Balaban J connectivity index is 2.26. The zero-order chi connectivity index (χ0) is 22.1. The van der Waals surface area contributed by atoms with Crippen LogP contribution in [0.25, 0.3) is 0 Å². The molecule has 0 aliphatic carbocycles. The van der Waals surface area contributed by atoms with Crippen LogP contribution < -0.4 is 10.1 Å². The van der Waals surface area contributed by atoms with Gasteiger partial charge in [-0.3, -0.25) is 9.59 Å². The quantitative estimate of drug-likeness (QED) is 0.641. The third kappa shape index (κ3) is 6.90. The Labute approximate surface area is 180 Å². The average molecular weight is 411 g/mol. The second kappa shape index (κ2) is 11.4. The van der Waals surface area contributed by atoms with Crippen LogP contribution in [-0.4, -0.2) is 36.4 Å². The van der Waals surface area contributed by atoms with Gasteiger partial charge in [0.15, 0.2) is 0 Å². The van der Waals surface area contributed by atoms with Crippen LogP contribution in [0, 0.1) is 12.8 Å². The molecular weight excluding hydrogens is 376 g/mol. The fraction of sp³-hybridized carbons (Fsp3) is 0.440. The van der Waals surface area contributed by atoms with E-state index < -0.39 is 6.04 Å². The van der Waals surface area contributed by atoms with Gasteiger partial charge in [-0.25, -0.2) is 0 Å². The molecule has 1 N–H and O–H groups in total. The van der Waals surface area contributed by atoms with E-state index in [1.54, 1.807) is 12.0 Å². The maximum Gasteiger partial charge on any atom is 0.242 e. The van der Waals surface area contributed by atoms with Crippen molar-refractivity contribution in [3.63, 3.8) is 0 Å². The number of carbonyl (C=O) groups excluding carboxylic acids is 2. The molecule has 5 nitrogen and oxygen atoms in total. The minimum absolute atomic E-state index is 0.0528. The van der Waals surface area contributed by atoms with Crippen LogP contribution >= 0.6 is 0 Å². The standard InChI is InChI=1S/C25H34N2O3/c1-6-23(25(29)26-16-18(2)3)27(17-20-10-12-22(30-5)13-11-20)24(28)15-21-9-7-8-19(4)14-21/h7-14,18,23H,6,15-17H2,1-5H3,(H,26,29)/t23-/m0/s1. The Kier molecular flexibility index (Phi) is 8.90. The Bertz CT molecular complexity index is 831. The largest absolute Gasteiger partial charge is 0.497 e. The molecule has 0 fully saturated rings. The average Bonchev–Trinajstić information content (AvgIpc) is 2.72. The number of amides is 2. The Hall–Kier alpha value is -2.82. The number of carbonyl (C=O) groups is 2. The van der Waals surface area contributed by atoms with E-state index in [0.29, 0.717) is 25.4 Å². The van der Waals surface area contributed by atoms with Crippen LogP contribution in [0.2, 0.25) is 0 Å². The number of hydrogen-bond acceptors (Lipinski definition) is 3. The smallest absolute Gasteiger partial charge is 0.242 e. The third-order valence-corrected chi connectivity index (χ3v) is 5.02. The number of aryl methyl sites for hydroxylation is 1.